The first kappa shape index (κ1) is 83.6. The summed E-state index contributed by atoms with van der Waals surface area (Å²) < 4.78 is 21.6. The molecule has 12 aromatic heterocycles. The molecule has 0 bridgehead atoms. The molecule has 4 atom stereocenters. The van der Waals surface area contributed by atoms with Gasteiger partial charge in [-0.2, -0.15) is 13.5 Å². The number of aryl methyl sites for hydroxylation is 4. The smallest absolute Gasteiger partial charge is 0.263 e. The van der Waals surface area contributed by atoms with Gasteiger partial charge in [-0.3, -0.25) is 23.7 Å². The number of pyridine rings is 4. The van der Waals surface area contributed by atoms with Crippen molar-refractivity contribution in [3.05, 3.63) is 264 Å². The van der Waals surface area contributed by atoms with Crippen molar-refractivity contribution in [1.82, 2.24) is 108 Å². The second-order valence-corrected chi connectivity index (χ2v) is 31.7. The molecule has 2 aliphatic heterocycles. The predicted molar refractivity (Wildman–Crippen MR) is 485 cm³/mol. The van der Waals surface area contributed by atoms with Crippen molar-refractivity contribution < 1.29 is 4.39 Å². The summed E-state index contributed by atoms with van der Waals surface area (Å²) in [4.78, 5) is 122. The fourth-order valence-electron chi connectivity index (χ4n) is 17.1. The second-order valence-electron chi connectivity index (χ2n) is 31.7. The van der Waals surface area contributed by atoms with E-state index in [0.717, 1.165) is 152 Å². The molecule has 0 spiro atoms. The summed E-state index contributed by atoms with van der Waals surface area (Å²) in [6, 6.07) is 38.0. The van der Waals surface area contributed by atoms with Crippen LogP contribution in [0.15, 0.2) is 191 Å². The largest absolute Gasteiger partial charge is 0.360 e. The highest BCUT2D eigenvalue weighted by molar-refractivity contribution is 7.59. The number of hydrogen-bond donors (Lipinski definition) is 8. The summed E-state index contributed by atoms with van der Waals surface area (Å²) in [7, 11) is 4.28. The minimum atomic E-state index is -0.407. The van der Waals surface area contributed by atoms with Crippen LogP contribution < -0.4 is 43.5 Å². The first-order valence-corrected chi connectivity index (χ1v) is 40.9. The maximum atomic E-state index is 14.0. The molecule has 32 heteroatoms. The number of aromatic amines is 4. The average Bonchev–Trinajstić information content (AvgIpc) is 1.05. The highest BCUT2D eigenvalue weighted by atomic mass is 32.1. The fraction of sp³-hybridized carbons (Fsp3) is 0.311. The Morgan fingerprint density at radius 2 is 0.738 bits per heavy atom. The Kier molecular flexibility index (Phi) is 24.6. The summed E-state index contributed by atoms with van der Waals surface area (Å²) in [5.74, 6) is 2.21. The van der Waals surface area contributed by atoms with Crippen LogP contribution >= 0.6 is 13.5 Å². The van der Waals surface area contributed by atoms with Crippen LogP contribution in [0.4, 0.5) is 27.7 Å². The summed E-state index contributed by atoms with van der Waals surface area (Å²) in [5.41, 5.74) is 13.4. The van der Waals surface area contributed by atoms with Gasteiger partial charge in [0.25, 0.3) is 22.2 Å². The summed E-state index contributed by atoms with van der Waals surface area (Å²) in [5, 5.41) is 20.6. The number of aromatic nitrogens is 20. The quantitative estimate of drug-likeness (QED) is 0.0420. The van der Waals surface area contributed by atoms with Crippen LogP contribution in [-0.4, -0.2) is 148 Å². The number of piperidine rings is 2. The number of benzene rings is 5. The third-order valence-corrected chi connectivity index (χ3v) is 23.3. The van der Waals surface area contributed by atoms with E-state index in [1.807, 2.05) is 143 Å². The van der Waals surface area contributed by atoms with Crippen molar-refractivity contribution in [2.45, 2.75) is 144 Å². The Labute approximate surface area is 707 Å². The SMILES string of the molecule is CCC(Nc1ncnc2nc[nH]c12)c1cc2cccc(C)c2c(=O)n1C1CCN(C)CC1.Cc1cccc2cc(C(C)Nc3ncnc4nc[nH]c34)n(-c3cccc(F)c3)c(=O)c12.Cc1cccc2cc(C(C)Nc3ncnc4nc[nH]c34)n(C3CCN(C)CC3)c(=O)c12.Cc1cccc2cc([C@H](C)Nc3ncnc4nc[nH]c34)n(C(C)C)c(=O)c12.S. The molecular weight excluding hydrogens is 1560 g/mol. The topological polar surface area (TPSA) is 360 Å². The van der Waals surface area contributed by atoms with E-state index in [1.54, 1.807) is 42.0 Å². The minimum Gasteiger partial charge on any atom is -0.360 e. The number of fused-ring (bicyclic) bond motifs is 8. The van der Waals surface area contributed by atoms with Crippen molar-refractivity contribution in [1.29, 1.82) is 0 Å². The van der Waals surface area contributed by atoms with E-state index in [0.29, 0.717) is 68.1 Å². The average molecular weight is 1660 g/mol. The normalized spacial score (nSPS) is 14.6. The molecule has 5 aromatic carbocycles. The molecule has 122 heavy (non-hydrogen) atoms. The van der Waals surface area contributed by atoms with Gasteiger partial charge in [0.15, 0.2) is 45.9 Å². The van der Waals surface area contributed by atoms with Crippen LogP contribution in [0.1, 0.15) is 161 Å². The second kappa shape index (κ2) is 35.8. The number of hydrogen-bond acceptors (Lipinski definition) is 22. The van der Waals surface area contributed by atoms with Crippen LogP contribution in [0.5, 0.6) is 0 Å². The van der Waals surface area contributed by atoms with Crippen LogP contribution in [0.3, 0.4) is 0 Å². The van der Waals surface area contributed by atoms with Crippen LogP contribution in [0, 0.1) is 33.5 Å². The van der Waals surface area contributed by atoms with E-state index in [-0.39, 0.29) is 78.0 Å². The van der Waals surface area contributed by atoms with Crippen LogP contribution in [-0.2, 0) is 0 Å². The number of likely N-dealkylation sites (tertiary alicyclic amines) is 2. The molecule has 19 rings (SSSR count). The molecule has 2 aliphatic rings. The Morgan fingerprint density at radius 3 is 1.13 bits per heavy atom. The molecule has 2 fully saturated rings. The van der Waals surface area contributed by atoms with E-state index in [4.69, 9.17) is 0 Å². The first-order valence-electron chi connectivity index (χ1n) is 40.9. The summed E-state index contributed by atoms with van der Waals surface area (Å²) in [6.45, 7) is 24.1. The van der Waals surface area contributed by atoms with Gasteiger partial charge >= 0.3 is 0 Å². The van der Waals surface area contributed by atoms with Crippen molar-refractivity contribution in [2.75, 3.05) is 61.5 Å². The van der Waals surface area contributed by atoms with Crippen LogP contribution in [0.2, 0.25) is 0 Å². The van der Waals surface area contributed by atoms with E-state index < -0.39 is 5.82 Å². The molecule has 0 radical (unpaired) electrons. The molecule has 14 heterocycles. The zero-order chi connectivity index (χ0) is 84.4. The number of H-pyrrole nitrogens is 4. The van der Waals surface area contributed by atoms with Crippen molar-refractivity contribution >= 4 is 125 Å². The molecule has 0 saturated carbocycles. The Balaban J connectivity index is 0.000000126. The van der Waals surface area contributed by atoms with Gasteiger partial charge in [0.1, 0.15) is 53.2 Å². The van der Waals surface area contributed by atoms with E-state index >= 15 is 0 Å². The number of nitrogens with zero attached hydrogens (tertiary/aromatic N) is 18. The zero-order valence-electron chi connectivity index (χ0n) is 70.1. The van der Waals surface area contributed by atoms with E-state index in [9.17, 15) is 23.6 Å². The third-order valence-electron chi connectivity index (χ3n) is 23.3. The fourth-order valence-corrected chi connectivity index (χ4v) is 17.1. The standard InChI is InChI=1S/C24H29N7O.C23H19FN6O.C23H27N7O.C20H22N6O.H2S/c1-4-18(29-23-21-22(26-13-25-21)27-14-28-23)19-12-16-7-5-6-15(2)20(16)24(32)31(19)17-8-10-30(3)11-9-17;1-13-5-3-6-15-9-18(14(2)29-22-20-21(26-11-25-20)27-12-28-22)30(23(31)19(13)15)17-8-4-7-16(24)10-17;1-14-5-4-6-16-11-18(15(2)28-22-20-21(25-12-24-20)26-13-27-22)30(23(31)19(14)16)17-7-9-29(3)10-8-17;1-11(2)26-15(8-14-7-5-6-12(3)16(14)20(26)27)13(4)25-19-17-18(22-9-21-17)23-10-24-19;/h5-7,12-14,17-18H,4,8-11H2,1-3H3,(H2,25,26,27,28,29);3-12,14H,1-2H3,(H2,25,26,27,28,29);4-6,11-13,15,17H,7-10H2,1-3H3,(H2,24,25,26,27,28);5-11,13H,1-4H3,(H2,21,22,23,24,25);1H2/t;;;13-;/m...0./s1. The van der Waals surface area contributed by atoms with E-state index in [1.165, 1.54) is 37.4 Å². The molecule has 626 valence electrons. The van der Waals surface area contributed by atoms with E-state index in [2.05, 4.69) is 162 Å². The van der Waals surface area contributed by atoms with Gasteiger partial charge in [0.05, 0.1) is 76.7 Å². The molecule has 2 saturated heterocycles. The predicted octanol–water partition coefficient (Wildman–Crippen LogP) is 15.3. The lowest BCUT2D eigenvalue weighted by molar-refractivity contribution is 0.216. The Morgan fingerprint density at radius 1 is 0.402 bits per heavy atom. The summed E-state index contributed by atoms with van der Waals surface area (Å²) >= 11 is 0. The van der Waals surface area contributed by atoms with Gasteiger partial charge in [-0.05, 0) is 221 Å². The highest BCUT2D eigenvalue weighted by Gasteiger charge is 2.30. The number of nitrogens with one attached hydrogen (secondary N) is 8. The monoisotopic (exact) mass is 1660 g/mol. The first-order chi connectivity index (χ1) is 58.6. The molecular formula is C90H99FN26O4S. The Hall–Kier alpha value is -13.5. The molecule has 17 aromatic rings. The van der Waals surface area contributed by atoms with Crippen LogP contribution in [0.25, 0.3) is 93.4 Å². The lowest BCUT2D eigenvalue weighted by Gasteiger charge is -2.34. The lowest BCUT2D eigenvalue weighted by atomic mass is 9.98. The molecule has 8 N–H and O–H groups in total. The number of rotatable bonds is 17. The molecule has 0 aliphatic carbocycles. The van der Waals surface area contributed by atoms with Crippen molar-refractivity contribution in [2.24, 2.45) is 0 Å². The van der Waals surface area contributed by atoms with Gasteiger partial charge in [-0.15, -0.1) is 0 Å². The third kappa shape index (κ3) is 16.7. The zero-order valence-corrected chi connectivity index (χ0v) is 71.1. The summed E-state index contributed by atoms with van der Waals surface area (Å²) in [6.07, 6.45) is 17.0. The maximum absolute atomic E-state index is 14.0. The minimum absolute atomic E-state index is 0. The number of anilines is 4. The number of imidazole rings is 4. The molecule has 3 unspecified atom stereocenters. The van der Waals surface area contributed by atoms with Gasteiger partial charge in [-0.25, -0.2) is 64.2 Å². The highest BCUT2D eigenvalue weighted by Crippen LogP contribution is 2.36. The lowest BCUT2D eigenvalue weighted by Crippen LogP contribution is -2.38. The van der Waals surface area contributed by atoms with Gasteiger partial charge in [0, 0.05) is 40.9 Å². The maximum Gasteiger partial charge on any atom is 0.263 e. The Bertz CT molecular complexity index is 6950. The molecule has 0 amide bonds. The van der Waals surface area contributed by atoms with Gasteiger partial charge < -0.3 is 64.7 Å². The van der Waals surface area contributed by atoms with Gasteiger partial charge in [-0.1, -0.05) is 85.8 Å². The van der Waals surface area contributed by atoms with Crippen molar-refractivity contribution in [3.63, 3.8) is 0 Å². The molecule has 30 nitrogen and oxygen atoms in total. The van der Waals surface area contributed by atoms with Gasteiger partial charge in [0.2, 0.25) is 0 Å². The number of halogens is 1. The van der Waals surface area contributed by atoms with Crippen molar-refractivity contribution in [3.8, 4) is 5.69 Å².